The topological polar surface area (TPSA) is 21.3 Å². The van der Waals surface area contributed by atoms with E-state index in [4.69, 9.17) is 4.74 Å². The summed E-state index contributed by atoms with van der Waals surface area (Å²) in [7, 11) is 2.03. The largest absolute Gasteiger partial charge is 0.378 e. The first-order chi connectivity index (χ1) is 5.86. The van der Waals surface area contributed by atoms with Crippen molar-refractivity contribution in [3.63, 3.8) is 0 Å². The molecule has 1 N–H and O–H groups in total. The molecule has 1 aliphatic heterocycles. The van der Waals surface area contributed by atoms with E-state index in [-0.39, 0.29) is 0 Å². The van der Waals surface area contributed by atoms with Gasteiger partial charge in [0.2, 0.25) is 0 Å². The third-order valence-electron chi connectivity index (χ3n) is 2.58. The van der Waals surface area contributed by atoms with Gasteiger partial charge >= 0.3 is 0 Å². The normalized spacial score (nSPS) is 30.5. The number of nitrogens with one attached hydrogen (secondary N) is 1. The number of hydrogen-bond donors (Lipinski definition) is 1. The lowest BCUT2D eigenvalue weighted by Gasteiger charge is -2.29. The van der Waals surface area contributed by atoms with Crippen molar-refractivity contribution in [3.05, 3.63) is 0 Å². The van der Waals surface area contributed by atoms with Crippen LogP contribution < -0.4 is 5.32 Å². The van der Waals surface area contributed by atoms with Crippen LogP contribution in [0.3, 0.4) is 0 Å². The summed E-state index contributed by atoms with van der Waals surface area (Å²) in [4.78, 5) is 0. The van der Waals surface area contributed by atoms with E-state index in [9.17, 15) is 0 Å². The highest BCUT2D eigenvalue weighted by molar-refractivity contribution is 4.72. The monoisotopic (exact) mass is 171 g/mol. The molecule has 12 heavy (non-hydrogen) atoms. The van der Waals surface area contributed by atoms with Crippen LogP contribution in [0.25, 0.3) is 0 Å². The lowest BCUT2D eigenvalue weighted by atomic mass is 9.93. The quantitative estimate of drug-likeness (QED) is 0.696. The van der Waals surface area contributed by atoms with Gasteiger partial charge in [-0.25, -0.2) is 0 Å². The molecule has 0 spiro atoms. The summed E-state index contributed by atoms with van der Waals surface area (Å²) in [6, 6.07) is 0. The fourth-order valence-corrected chi connectivity index (χ4v) is 1.96. The summed E-state index contributed by atoms with van der Waals surface area (Å²) in [5.41, 5.74) is 0. The van der Waals surface area contributed by atoms with Crippen LogP contribution >= 0.6 is 0 Å². The van der Waals surface area contributed by atoms with Gasteiger partial charge < -0.3 is 10.1 Å². The molecule has 1 aliphatic rings. The molecule has 1 heterocycles. The van der Waals surface area contributed by atoms with Crippen LogP contribution in [0.4, 0.5) is 0 Å². The average Bonchev–Trinajstić information content (AvgIpc) is 2.06. The minimum Gasteiger partial charge on any atom is -0.378 e. The Labute approximate surface area is 75.7 Å². The van der Waals surface area contributed by atoms with E-state index in [0.29, 0.717) is 6.10 Å². The second-order valence-electron chi connectivity index (χ2n) is 3.73. The molecule has 72 valence electrons. The van der Waals surface area contributed by atoms with E-state index < -0.39 is 0 Å². The summed E-state index contributed by atoms with van der Waals surface area (Å²) < 4.78 is 5.67. The zero-order chi connectivity index (χ0) is 8.81. The van der Waals surface area contributed by atoms with Crippen molar-refractivity contribution in [2.45, 2.75) is 38.7 Å². The molecule has 1 saturated heterocycles. The van der Waals surface area contributed by atoms with Crippen LogP contribution in [0.15, 0.2) is 0 Å². The van der Waals surface area contributed by atoms with Crippen molar-refractivity contribution < 1.29 is 4.74 Å². The van der Waals surface area contributed by atoms with Crippen molar-refractivity contribution in [2.75, 3.05) is 20.2 Å². The van der Waals surface area contributed by atoms with E-state index in [1.54, 1.807) is 0 Å². The van der Waals surface area contributed by atoms with Gasteiger partial charge in [0.15, 0.2) is 0 Å². The van der Waals surface area contributed by atoms with Gasteiger partial charge in [0.05, 0.1) is 6.10 Å². The molecule has 0 aromatic heterocycles. The third-order valence-corrected chi connectivity index (χ3v) is 2.58. The zero-order valence-corrected chi connectivity index (χ0v) is 8.31. The Morgan fingerprint density at radius 1 is 1.50 bits per heavy atom. The molecule has 1 rings (SSSR count). The molecule has 2 unspecified atom stereocenters. The lowest BCUT2D eigenvalue weighted by Crippen LogP contribution is -2.31. The predicted molar refractivity (Wildman–Crippen MR) is 51.3 cm³/mol. The molecule has 2 nitrogen and oxygen atoms in total. The molecule has 0 bridgehead atoms. The highest BCUT2D eigenvalue weighted by Gasteiger charge is 2.20. The Morgan fingerprint density at radius 2 is 2.33 bits per heavy atom. The molecule has 0 aromatic carbocycles. The van der Waals surface area contributed by atoms with Crippen LogP contribution in [0.1, 0.15) is 32.6 Å². The molecule has 0 amide bonds. The maximum Gasteiger partial charge on any atom is 0.0578 e. The molecule has 0 radical (unpaired) electrons. The Hall–Kier alpha value is -0.0800. The summed E-state index contributed by atoms with van der Waals surface area (Å²) >= 11 is 0. The second kappa shape index (κ2) is 5.55. The first-order valence-electron chi connectivity index (χ1n) is 5.13. The summed E-state index contributed by atoms with van der Waals surface area (Å²) in [5.74, 6) is 0.847. The van der Waals surface area contributed by atoms with Crippen molar-refractivity contribution >= 4 is 0 Å². The van der Waals surface area contributed by atoms with Gasteiger partial charge in [-0.2, -0.15) is 0 Å². The van der Waals surface area contributed by atoms with Gasteiger partial charge in [-0.05, 0) is 38.8 Å². The minimum absolute atomic E-state index is 0.544. The highest BCUT2D eigenvalue weighted by Crippen LogP contribution is 2.22. The Bertz CT molecular complexity index is 100. The van der Waals surface area contributed by atoms with E-state index in [1.165, 1.54) is 25.7 Å². The maximum absolute atomic E-state index is 5.67. The van der Waals surface area contributed by atoms with E-state index in [0.717, 1.165) is 19.1 Å². The first-order valence-corrected chi connectivity index (χ1v) is 5.13. The molecule has 2 heteroatoms. The van der Waals surface area contributed by atoms with Crippen molar-refractivity contribution in [1.82, 2.24) is 5.32 Å². The molecule has 0 aliphatic carbocycles. The van der Waals surface area contributed by atoms with Crippen LogP contribution in [-0.2, 0) is 4.74 Å². The second-order valence-corrected chi connectivity index (χ2v) is 3.73. The molecular weight excluding hydrogens is 150 g/mol. The Kier molecular flexibility index (Phi) is 4.62. The fourth-order valence-electron chi connectivity index (χ4n) is 1.96. The summed E-state index contributed by atoms with van der Waals surface area (Å²) in [6.45, 7) is 4.35. The van der Waals surface area contributed by atoms with Gasteiger partial charge in [-0.15, -0.1) is 0 Å². The predicted octanol–water partition coefficient (Wildman–Crippen LogP) is 1.80. The fraction of sp³-hybridized carbons (Fsp3) is 1.00. The number of ether oxygens (including phenoxy) is 1. The van der Waals surface area contributed by atoms with Gasteiger partial charge in [0, 0.05) is 6.61 Å². The zero-order valence-electron chi connectivity index (χ0n) is 8.31. The van der Waals surface area contributed by atoms with Gasteiger partial charge in [0.1, 0.15) is 0 Å². The molecule has 2 atom stereocenters. The Balaban J connectivity index is 2.20. The van der Waals surface area contributed by atoms with Crippen molar-refractivity contribution in [2.24, 2.45) is 5.92 Å². The van der Waals surface area contributed by atoms with Gasteiger partial charge in [0.25, 0.3) is 0 Å². The molecule has 1 fully saturated rings. The first kappa shape index (κ1) is 10.0. The van der Waals surface area contributed by atoms with Gasteiger partial charge in [-0.3, -0.25) is 0 Å². The summed E-state index contributed by atoms with van der Waals surface area (Å²) in [5, 5.41) is 3.24. The van der Waals surface area contributed by atoms with Crippen molar-refractivity contribution in [3.8, 4) is 0 Å². The lowest BCUT2D eigenvalue weighted by molar-refractivity contribution is -0.0127. The molecular formula is C10H21NO. The molecule has 0 saturated carbocycles. The average molecular weight is 171 g/mol. The van der Waals surface area contributed by atoms with E-state index in [2.05, 4.69) is 12.2 Å². The van der Waals surface area contributed by atoms with Crippen LogP contribution in [-0.4, -0.2) is 26.3 Å². The minimum atomic E-state index is 0.544. The maximum atomic E-state index is 5.67. The van der Waals surface area contributed by atoms with Crippen LogP contribution in [0.2, 0.25) is 0 Å². The number of rotatable bonds is 4. The smallest absolute Gasteiger partial charge is 0.0578 e. The Morgan fingerprint density at radius 3 is 3.00 bits per heavy atom. The SMILES string of the molecule is CCCC1CC(CNC)CCO1. The number of hydrogen-bond acceptors (Lipinski definition) is 2. The highest BCUT2D eigenvalue weighted by atomic mass is 16.5. The molecule has 0 aromatic rings. The van der Waals surface area contributed by atoms with E-state index in [1.807, 2.05) is 7.05 Å². The summed E-state index contributed by atoms with van der Waals surface area (Å²) in [6.07, 6.45) is 5.52. The van der Waals surface area contributed by atoms with Gasteiger partial charge in [-0.1, -0.05) is 13.3 Å². The third kappa shape index (κ3) is 3.11. The van der Waals surface area contributed by atoms with Crippen LogP contribution in [0.5, 0.6) is 0 Å². The van der Waals surface area contributed by atoms with Crippen molar-refractivity contribution in [1.29, 1.82) is 0 Å². The standard InChI is InChI=1S/C10H21NO/c1-3-4-10-7-9(8-11-2)5-6-12-10/h9-11H,3-8H2,1-2H3. The van der Waals surface area contributed by atoms with Crippen LogP contribution in [0, 0.1) is 5.92 Å². The van der Waals surface area contributed by atoms with E-state index >= 15 is 0 Å².